The summed E-state index contributed by atoms with van der Waals surface area (Å²) >= 11 is 0. The van der Waals surface area contributed by atoms with E-state index in [4.69, 9.17) is 0 Å². The van der Waals surface area contributed by atoms with E-state index in [-0.39, 0.29) is 5.66 Å². The number of hydrogen-bond acceptors (Lipinski definition) is 2. The van der Waals surface area contributed by atoms with E-state index in [0.717, 1.165) is 23.5 Å². The smallest absolute Gasteiger partial charge is 0.148 e. The molecule has 0 aliphatic heterocycles. The van der Waals surface area contributed by atoms with E-state index in [1.54, 1.807) is 0 Å². The van der Waals surface area contributed by atoms with E-state index in [9.17, 15) is 9.67 Å². The van der Waals surface area contributed by atoms with Crippen molar-refractivity contribution in [1.29, 1.82) is 0 Å². The second-order valence-corrected chi connectivity index (χ2v) is 9.65. The summed E-state index contributed by atoms with van der Waals surface area (Å²) in [6.07, 6.45) is 4.65. The third-order valence-electron chi connectivity index (χ3n) is 4.76. The van der Waals surface area contributed by atoms with Crippen molar-refractivity contribution in [2.45, 2.75) is 57.7 Å². The molecule has 2 aromatic rings. The van der Waals surface area contributed by atoms with Crippen molar-refractivity contribution in [3.05, 3.63) is 60.7 Å². The summed E-state index contributed by atoms with van der Waals surface area (Å²) in [6, 6.07) is 19.3. The number of benzene rings is 2. The van der Waals surface area contributed by atoms with Crippen LogP contribution in [0.2, 0.25) is 0 Å². The first-order chi connectivity index (χ1) is 11.6. The van der Waals surface area contributed by atoms with Crippen molar-refractivity contribution >= 4 is 17.8 Å². The fraction of sp³-hybridized carbons (Fsp3) is 0.429. The maximum atomic E-state index is 14.1. The lowest BCUT2D eigenvalue weighted by atomic mass is 10.1. The van der Waals surface area contributed by atoms with Crippen LogP contribution in [-0.2, 0) is 4.57 Å². The largest absolute Gasteiger partial charge is 0.392 e. The number of rotatable bonds is 9. The number of unbranched alkanes of at least 4 members (excludes halogenated alkanes) is 3. The van der Waals surface area contributed by atoms with Crippen molar-refractivity contribution < 1.29 is 9.67 Å². The predicted molar refractivity (Wildman–Crippen MR) is 104 cm³/mol. The van der Waals surface area contributed by atoms with Crippen LogP contribution in [0.25, 0.3) is 0 Å². The fourth-order valence-electron chi connectivity index (χ4n) is 3.18. The zero-order valence-electron chi connectivity index (χ0n) is 14.8. The van der Waals surface area contributed by atoms with E-state index < -0.39 is 13.2 Å². The Bertz CT molecular complexity index is 596. The molecule has 0 unspecified atom stereocenters. The Balaban J connectivity index is 2.28. The van der Waals surface area contributed by atoms with Crippen molar-refractivity contribution in [2.24, 2.45) is 0 Å². The van der Waals surface area contributed by atoms with E-state index in [0.29, 0.717) is 6.42 Å². The maximum Gasteiger partial charge on any atom is 0.148 e. The van der Waals surface area contributed by atoms with Gasteiger partial charge in [-0.3, -0.25) is 0 Å². The molecule has 0 spiro atoms. The molecular weight excluding hydrogens is 315 g/mol. The van der Waals surface area contributed by atoms with Crippen molar-refractivity contribution in [3.63, 3.8) is 0 Å². The Labute approximate surface area is 146 Å². The first kappa shape index (κ1) is 19.0. The lowest BCUT2D eigenvalue weighted by Crippen LogP contribution is -2.32. The van der Waals surface area contributed by atoms with Gasteiger partial charge in [0.25, 0.3) is 0 Å². The molecule has 0 aromatic heterocycles. The third-order valence-corrected chi connectivity index (χ3v) is 8.39. The Kier molecular flexibility index (Phi) is 7.27. The van der Waals surface area contributed by atoms with Gasteiger partial charge >= 0.3 is 0 Å². The standard InChI is InChI=1S/C21H29O2P/c1-3-4-5-12-17-21(22)18(2)24(23,19-13-8-6-9-14-19)20-15-10-7-11-16-20/h6-11,13-16,18,21-22H,3-5,12,17H2,1-2H3/t18-,21-/m0/s1. The van der Waals surface area contributed by atoms with Crippen LogP contribution in [0.5, 0.6) is 0 Å². The minimum Gasteiger partial charge on any atom is -0.392 e. The molecule has 0 aliphatic carbocycles. The summed E-state index contributed by atoms with van der Waals surface area (Å²) in [5.41, 5.74) is -0.288. The van der Waals surface area contributed by atoms with Gasteiger partial charge in [-0.1, -0.05) is 100 Å². The molecule has 1 N–H and O–H groups in total. The van der Waals surface area contributed by atoms with Gasteiger partial charge in [0.15, 0.2) is 0 Å². The van der Waals surface area contributed by atoms with Crippen LogP contribution in [0.3, 0.4) is 0 Å². The summed E-state index contributed by atoms with van der Waals surface area (Å²) in [7, 11) is -2.88. The van der Waals surface area contributed by atoms with Gasteiger partial charge < -0.3 is 9.67 Å². The first-order valence-corrected chi connectivity index (χ1v) is 10.8. The molecule has 24 heavy (non-hydrogen) atoms. The zero-order chi connectivity index (χ0) is 17.4. The molecule has 130 valence electrons. The van der Waals surface area contributed by atoms with Crippen molar-refractivity contribution in [2.75, 3.05) is 0 Å². The molecule has 0 saturated heterocycles. The number of aliphatic hydroxyl groups is 1. The molecule has 0 aliphatic rings. The van der Waals surface area contributed by atoms with Gasteiger partial charge in [0, 0.05) is 16.3 Å². The minimum atomic E-state index is -2.88. The van der Waals surface area contributed by atoms with Crippen LogP contribution in [0.15, 0.2) is 60.7 Å². The molecule has 0 bridgehead atoms. The monoisotopic (exact) mass is 344 g/mol. The molecule has 0 fully saturated rings. The van der Waals surface area contributed by atoms with Crippen LogP contribution in [0, 0.1) is 0 Å². The Morgan fingerprint density at radius 2 is 1.38 bits per heavy atom. The van der Waals surface area contributed by atoms with Crippen LogP contribution in [0.4, 0.5) is 0 Å². The number of aliphatic hydroxyl groups excluding tert-OH is 1. The van der Waals surface area contributed by atoms with Crippen molar-refractivity contribution in [1.82, 2.24) is 0 Å². The van der Waals surface area contributed by atoms with E-state index in [1.807, 2.05) is 67.6 Å². The minimum absolute atomic E-state index is 0.288. The highest BCUT2D eigenvalue weighted by Crippen LogP contribution is 2.50. The second-order valence-electron chi connectivity index (χ2n) is 6.49. The SMILES string of the molecule is CCCCCC[C@H](O)[C@H](C)P(=O)(c1ccccc1)c1ccccc1. The van der Waals surface area contributed by atoms with E-state index in [2.05, 4.69) is 6.92 Å². The average molecular weight is 344 g/mol. The lowest BCUT2D eigenvalue weighted by Gasteiger charge is -2.29. The van der Waals surface area contributed by atoms with Gasteiger partial charge in [0.05, 0.1) is 6.10 Å². The van der Waals surface area contributed by atoms with Gasteiger partial charge in [-0.05, 0) is 6.42 Å². The molecule has 0 heterocycles. The topological polar surface area (TPSA) is 37.3 Å². The Morgan fingerprint density at radius 3 is 1.83 bits per heavy atom. The zero-order valence-corrected chi connectivity index (χ0v) is 15.7. The third kappa shape index (κ3) is 4.37. The van der Waals surface area contributed by atoms with E-state index in [1.165, 1.54) is 12.8 Å². The van der Waals surface area contributed by atoms with E-state index >= 15 is 0 Å². The molecule has 3 heteroatoms. The van der Waals surface area contributed by atoms with Crippen LogP contribution in [0.1, 0.15) is 46.0 Å². The van der Waals surface area contributed by atoms with Crippen molar-refractivity contribution in [3.8, 4) is 0 Å². The highest BCUT2D eigenvalue weighted by atomic mass is 31.2. The first-order valence-electron chi connectivity index (χ1n) is 8.99. The summed E-state index contributed by atoms with van der Waals surface area (Å²) in [5.74, 6) is 0. The summed E-state index contributed by atoms with van der Waals surface area (Å²) in [4.78, 5) is 0. The van der Waals surface area contributed by atoms with Gasteiger partial charge in [-0.25, -0.2) is 0 Å². The quantitative estimate of drug-likeness (QED) is 0.528. The molecule has 2 nitrogen and oxygen atoms in total. The normalized spacial score (nSPS) is 14.3. The summed E-state index contributed by atoms with van der Waals surface area (Å²) in [6.45, 7) is 4.11. The Hall–Kier alpha value is -1.37. The molecule has 0 saturated carbocycles. The molecule has 2 atom stereocenters. The van der Waals surface area contributed by atoms with Gasteiger partial charge in [0.2, 0.25) is 0 Å². The predicted octanol–water partition coefficient (Wildman–Crippen LogP) is 4.72. The summed E-state index contributed by atoms with van der Waals surface area (Å²) in [5, 5.41) is 12.4. The second kappa shape index (κ2) is 9.20. The molecular formula is C21H29O2P. The van der Waals surface area contributed by atoms with Gasteiger partial charge in [-0.15, -0.1) is 0 Å². The average Bonchev–Trinajstić information content (AvgIpc) is 2.65. The highest BCUT2D eigenvalue weighted by molar-refractivity contribution is 7.79. The molecule has 2 rings (SSSR count). The van der Waals surface area contributed by atoms with Gasteiger partial charge in [-0.2, -0.15) is 0 Å². The molecule has 0 amide bonds. The summed E-state index contributed by atoms with van der Waals surface area (Å²) < 4.78 is 14.1. The van der Waals surface area contributed by atoms with Crippen LogP contribution < -0.4 is 10.6 Å². The fourth-order valence-corrected chi connectivity index (χ4v) is 6.28. The molecule has 0 radical (unpaired) electrons. The van der Waals surface area contributed by atoms with Crippen LogP contribution in [-0.4, -0.2) is 16.9 Å². The lowest BCUT2D eigenvalue weighted by molar-refractivity contribution is 0.159. The van der Waals surface area contributed by atoms with Gasteiger partial charge in [0.1, 0.15) is 7.14 Å². The highest BCUT2D eigenvalue weighted by Gasteiger charge is 2.37. The van der Waals surface area contributed by atoms with Crippen LogP contribution >= 0.6 is 7.14 Å². The number of hydrogen-bond donors (Lipinski definition) is 1. The maximum absolute atomic E-state index is 14.1. The Morgan fingerprint density at radius 1 is 0.875 bits per heavy atom. The molecule has 2 aromatic carbocycles.